The predicted octanol–water partition coefficient (Wildman–Crippen LogP) is 18.9. The Bertz CT molecular complexity index is 1140. The predicted molar refractivity (Wildman–Crippen MR) is 294 cm³/mol. The van der Waals surface area contributed by atoms with Crippen molar-refractivity contribution in [3.8, 4) is 0 Å². The van der Waals surface area contributed by atoms with Gasteiger partial charge in [0.2, 0.25) is 0 Å². The van der Waals surface area contributed by atoms with E-state index in [4.69, 9.17) is 24.3 Å². The van der Waals surface area contributed by atoms with Gasteiger partial charge in [0.1, 0.15) is 6.61 Å². The fraction of sp³-hybridized carbons (Fsp3) is 0.932. The number of allylic oxidation sites excluding steroid dienone is 2. The number of carbonyl (C=O) groups excluding carboxylic acids is 2. The number of phosphoric ester groups is 1. The first-order chi connectivity index (χ1) is 33.8. The highest BCUT2D eigenvalue weighted by Gasteiger charge is 2.26. The fourth-order valence-electron chi connectivity index (χ4n) is 9.16. The molecule has 0 aromatic heterocycles. The largest absolute Gasteiger partial charge is 0.472 e. The number of nitrogens with two attached hydrogens (primary N) is 1. The van der Waals surface area contributed by atoms with E-state index in [1.165, 1.54) is 257 Å². The molecule has 0 aliphatic rings. The zero-order valence-corrected chi connectivity index (χ0v) is 46.7. The van der Waals surface area contributed by atoms with Gasteiger partial charge in [-0.3, -0.25) is 18.6 Å². The molecule has 2 atom stereocenters. The van der Waals surface area contributed by atoms with Gasteiger partial charge in [-0.25, -0.2) is 4.57 Å². The van der Waals surface area contributed by atoms with E-state index < -0.39 is 26.5 Å². The lowest BCUT2D eigenvalue weighted by atomic mass is 10.0. The number of ether oxygens (including phenoxy) is 2. The Balaban J connectivity index is 3.89. The molecule has 0 fully saturated rings. The first-order valence-corrected chi connectivity index (χ1v) is 31.7. The van der Waals surface area contributed by atoms with Crippen molar-refractivity contribution in [1.29, 1.82) is 0 Å². The maximum Gasteiger partial charge on any atom is 0.472 e. The van der Waals surface area contributed by atoms with Gasteiger partial charge >= 0.3 is 19.8 Å². The van der Waals surface area contributed by atoms with E-state index in [0.717, 1.165) is 32.1 Å². The first kappa shape index (κ1) is 67.8. The molecule has 69 heavy (non-hydrogen) atoms. The minimum absolute atomic E-state index is 0.0573. The zero-order valence-electron chi connectivity index (χ0n) is 45.8. The molecule has 0 saturated carbocycles. The summed E-state index contributed by atoms with van der Waals surface area (Å²) < 4.78 is 33.1. The highest BCUT2D eigenvalue weighted by atomic mass is 31.2. The third kappa shape index (κ3) is 55.9. The third-order valence-electron chi connectivity index (χ3n) is 13.7. The molecule has 10 heteroatoms. The number of rotatable bonds is 58. The van der Waals surface area contributed by atoms with Crippen LogP contribution in [0.3, 0.4) is 0 Å². The van der Waals surface area contributed by atoms with Gasteiger partial charge < -0.3 is 20.1 Å². The van der Waals surface area contributed by atoms with Crippen LogP contribution in [-0.2, 0) is 32.7 Å². The molecular weight excluding hydrogens is 882 g/mol. The maximum absolute atomic E-state index is 12.7. The molecule has 0 radical (unpaired) electrons. The summed E-state index contributed by atoms with van der Waals surface area (Å²) in [7, 11) is -4.38. The summed E-state index contributed by atoms with van der Waals surface area (Å²) in [5, 5.41) is 0. The van der Waals surface area contributed by atoms with E-state index >= 15 is 0 Å². The number of hydrogen-bond donors (Lipinski definition) is 2. The van der Waals surface area contributed by atoms with Crippen molar-refractivity contribution in [2.75, 3.05) is 26.4 Å². The van der Waals surface area contributed by atoms with Crippen LogP contribution in [0.15, 0.2) is 12.2 Å². The van der Waals surface area contributed by atoms with E-state index in [0.29, 0.717) is 6.42 Å². The van der Waals surface area contributed by atoms with Gasteiger partial charge in [0, 0.05) is 19.4 Å². The molecule has 0 saturated heterocycles. The van der Waals surface area contributed by atoms with Gasteiger partial charge in [-0.05, 0) is 38.5 Å². The first-order valence-electron chi connectivity index (χ1n) is 30.2. The number of carbonyl (C=O) groups is 2. The molecule has 3 N–H and O–H groups in total. The Kier molecular flexibility index (Phi) is 55.0. The highest BCUT2D eigenvalue weighted by molar-refractivity contribution is 7.47. The molecule has 0 bridgehead atoms. The van der Waals surface area contributed by atoms with E-state index in [9.17, 15) is 19.0 Å². The molecule has 0 amide bonds. The smallest absolute Gasteiger partial charge is 0.462 e. The van der Waals surface area contributed by atoms with E-state index in [-0.39, 0.29) is 38.6 Å². The minimum atomic E-state index is -4.38. The summed E-state index contributed by atoms with van der Waals surface area (Å²) in [6.07, 6.45) is 64.2. The third-order valence-corrected chi connectivity index (χ3v) is 14.6. The van der Waals surface area contributed by atoms with Crippen LogP contribution >= 0.6 is 7.82 Å². The Hall–Kier alpha value is -1.25. The molecule has 0 aromatic rings. The molecule has 0 aliphatic carbocycles. The Morgan fingerprint density at radius 2 is 0.710 bits per heavy atom. The number of hydrogen-bond acceptors (Lipinski definition) is 8. The Labute approximate surface area is 428 Å². The van der Waals surface area contributed by atoms with Crippen LogP contribution < -0.4 is 5.73 Å². The van der Waals surface area contributed by atoms with Crippen LogP contribution in [0.2, 0.25) is 0 Å². The molecule has 0 aliphatic heterocycles. The van der Waals surface area contributed by atoms with Gasteiger partial charge in [0.15, 0.2) is 6.10 Å². The summed E-state index contributed by atoms with van der Waals surface area (Å²) in [5.74, 6) is -0.805. The molecule has 0 rings (SSSR count). The summed E-state index contributed by atoms with van der Waals surface area (Å²) in [4.78, 5) is 35.2. The lowest BCUT2D eigenvalue weighted by molar-refractivity contribution is -0.161. The van der Waals surface area contributed by atoms with Crippen molar-refractivity contribution < 1.29 is 37.6 Å². The zero-order chi connectivity index (χ0) is 50.2. The van der Waals surface area contributed by atoms with E-state index in [1.807, 2.05) is 0 Å². The Morgan fingerprint density at radius 3 is 1.03 bits per heavy atom. The van der Waals surface area contributed by atoms with Gasteiger partial charge in [-0.15, -0.1) is 0 Å². The summed E-state index contributed by atoms with van der Waals surface area (Å²) in [6, 6.07) is 0. The summed E-state index contributed by atoms with van der Waals surface area (Å²) in [6.45, 7) is 3.82. The average molecular weight is 999 g/mol. The van der Waals surface area contributed by atoms with Crippen LogP contribution in [-0.4, -0.2) is 49.3 Å². The minimum Gasteiger partial charge on any atom is -0.462 e. The summed E-state index contributed by atoms with van der Waals surface area (Å²) in [5.41, 5.74) is 5.39. The second-order valence-electron chi connectivity index (χ2n) is 20.6. The number of phosphoric acid groups is 1. The second-order valence-corrected chi connectivity index (χ2v) is 22.0. The van der Waals surface area contributed by atoms with Gasteiger partial charge in [-0.1, -0.05) is 283 Å². The lowest BCUT2D eigenvalue weighted by Gasteiger charge is -2.19. The van der Waals surface area contributed by atoms with Crippen molar-refractivity contribution >= 4 is 19.8 Å². The molecule has 0 heterocycles. The molecule has 2 unspecified atom stereocenters. The number of esters is 2. The van der Waals surface area contributed by atoms with Crippen molar-refractivity contribution in [1.82, 2.24) is 0 Å². The molecule has 410 valence electrons. The lowest BCUT2D eigenvalue weighted by Crippen LogP contribution is -2.29. The average Bonchev–Trinajstić information content (AvgIpc) is 3.34. The van der Waals surface area contributed by atoms with Gasteiger partial charge in [-0.2, -0.15) is 0 Å². The van der Waals surface area contributed by atoms with Crippen molar-refractivity contribution in [3.63, 3.8) is 0 Å². The van der Waals surface area contributed by atoms with Crippen molar-refractivity contribution in [3.05, 3.63) is 12.2 Å². The number of unbranched alkanes of at least 4 members (excludes halogenated alkanes) is 43. The Morgan fingerprint density at radius 1 is 0.420 bits per heavy atom. The van der Waals surface area contributed by atoms with Crippen molar-refractivity contribution in [2.24, 2.45) is 5.73 Å². The monoisotopic (exact) mass is 998 g/mol. The van der Waals surface area contributed by atoms with Crippen LogP contribution in [0.1, 0.15) is 322 Å². The van der Waals surface area contributed by atoms with Crippen molar-refractivity contribution in [2.45, 2.75) is 328 Å². The fourth-order valence-corrected chi connectivity index (χ4v) is 9.93. The SMILES string of the molecule is CCCCCCCCCC/C=C\CCCCCCCCCCCCCCCCCC(=O)OC(COC(=O)CCCCCCCCCCCCCCCCCCCCCCC)COP(=O)(O)OCCN. The van der Waals surface area contributed by atoms with E-state index in [1.54, 1.807) is 0 Å². The topological polar surface area (TPSA) is 134 Å². The highest BCUT2D eigenvalue weighted by Crippen LogP contribution is 2.43. The van der Waals surface area contributed by atoms with Gasteiger partial charge in [0.05, 0.1) is 13.2 Å². The summed E-state index contributed by atoms with van der Waals surface area (Å²) >= 11 is 0. The van der Waals surface area contributed by atoms with E-state index in [2.05, 4.69) is 26.0 Å². The molecule has 9 nitrogen and oxygen atoms in total. The van der Waals surface area contributed by atoms with Crippen LogP contribution in [0, 0.1) is 0 Å². The normalized spacial score (nSPS) is 13.0. The maximum atomic E-state index is 12.7. The quantitative estimate of drug-likeness (QED) is 0.0264. The van der Waals surface area contributed by atoms with Crippen LogP contribution in [0.5, 0.6) is 0 Å². The van der Waals surface area contributed by atoms with Crippen LogP contribution in [0.25, 0.3) is 0 Å². The van der Waals surface area contributed by atoms with Crippen LogP contribution in [0.4, 0.5) is 0 Å². The molecular formula is C59H116NO8P. The molecule has 0 aromatic carbocycles. The molecule has 0 spiro atoms. The second kappa shape index (κ2) is 56.1. The van der Waals surface area contributed by atoms with Gasteiger partial charge in [0.25, 0.3) is 0 Å². The standard InChI is InChI=1S/C59H116NO8P/c1-3-5-7-9-11-13-15-17-19-21-23-25-26-27-28-29-30-32-34-36-38-40-42-44-46-48-50-52-59(62)68-57(56-67-69(63,64)66-54-53-60)55-65-58(61)51-49-47-45-43-41-39-37-35-33-31-24-22-20-18-16-14-12-10-8-6-4-2/h21,23,57H,3-20,22,24-56,60H2,1-2H3,(H,63,64)/b23-21-.